The fourth-order valence-electron chi connectivity index (χ4n) is 6.88. The molecule has 4 aliphatic carbocycles. The number of fused-ring (bicyclic) bond motifs is 1. The Bertz CT molecular complexity index is 1080. The van der Waals surface area contributed by atoms with Gasteiger partial charge in [-0.2, -0.15) is 0 Å². The van der Waals surface area contributed by atoms with Crippen LogP contribution in [0.3, 0.4) is 0 Å². The second-order valence-corrected chi connectivity index (χ2v) is 9.37. The Hall–Kier alpha value is -2.94. The van der Waals surface area contributed by atoms with Crippen LogP contribution in [0.5, 0.6) is 0 Å². The predicted octanol–water partition coefficient (Wildman–Crippen LogP) is 2.59. The zero-order chi connectivity index (χ0) is 22.1. The molecule has 0 aromatic rings. The van der Waals surface area contributed by atoms with Gasteiger partial charge in [0.05, 0.1) is 5.71 Å². The highest BCUT2D eigenvalue weighted by Gasteiger charge is 2.84. The van der Waals surface area contributed by atoms with Gasteiger partial charge in [0, 0.05) is 36.5 Å². The summed E-state index contributed by atoms with van der Waals surface area (Å²) < 4.78 is 11.7. The maximum atomic E-state index is 12.4. The lowest BCUT2D eigenvalue weighted by molar-refractivity contribution is -0.193. The van der Waals surface area contributed by atoms with E-state index in [2.05, 4.69) is 18.8 Å². The van der Waals surface area contributed by atoms with Gasteiger partial charge in [0.25, 0.3) is 0 Å². The number of esters is 2. The average Bonchev–Trinajstić information content (AvgIpc) is 3.40. The molecule has 1 aliphatic heterocycles. The number of carbonyl (C=O) groups excluding carboxylic acids is 3. The largest absolute Gasteiger partial charge is 0.458 e. The van der Waals surface area contributed by atoms with E-state index in [0.717, 1.165) is 17.7 Å². The van der Waals surface area contributed by atoms with Crippen LogP contribution in [-0.4, -0.2) is 41.7 Å². The lowest BCUT2D eigenvalue weighted by atomic mass is 9.55. The summed E-state index contributed by atoms with van der Waals surface area (Å²) in [7, 11) is 0. The monoisotopic (exact) mass is 419 g/mol. The molecule has 0 radical (unpaired) electrons. The molecule has 0 aromatic carbocycles. The van der Waals surface area contributed by atoms with Gasteiger partial charge in [-0.25, -0.2) is 0 Å². The fourth-order valence-corrected chi connectivity index (χ4v) is 6.88. The van der Waals surface area contributed by atoms with Crippen molar-refractivity contribution in [1.29, 1.82) is 0 Å². The summed E-state index contributed by atoms with van der Waals surface area (Å²) in [5.41, 5.74) is 0.887. The van der Waals surface area contributed by atoms with E-state index in [9.17, 15) is 14.4 Å². The number of aliphatic imine (C=N–C) groups is 1. The molecule has 6 nitrogen and oxygen atoms in total. The van der Waals surface area contributed by atoms with Gasteiger partial charge < -0.3 is 9.47 Å². The Morgan fingerprint density at radius 1 is 1.13 bits per heavy atom. The van der Waals surface area contributed by atoms with Crippen molar-refractivity contribution in [2.24, 2.45) is 33.6 Å². The highest BCUT2D eigenvalue weighted by Crippen LogP contribution is 2.83. The molecule has 0 amide bonds. The molecular weight excluding hydrogens is 394 g/mol. The molecule has 31 heavy (non-hydrogen) atoms. The third-order valence-corrected chi connectivity index (χ3v) is 7.91. The minimum atomic E-state index is -0.633. The first-order valence-electron chi connectivity index (χ1n) is 10.8. The average molecular weight is 419 g/mol. The molecule has 1 heterocycles. The summed E-state index contributed by atoms with van der Waals surface area (Å²) in [6.07, 6.45) is 8.39. The summed E-state index contributed by atoms with van der Waals surface area (Å²) in [4.78, 5) is 41.6. The lowest BCUT2D eigenvalue weighted by Crippen LogP contribution is -2.60. The molecule has 8 atom stereocenters. The van der Waals surface area contributed by atoms with Crippen LogP contribution in [0.1, 0.15) is 34.1 Å². The Kier molecular flexibility index (Phi) is 4.21. The van der Waals surface area contributed by atoms with Crippen LogP contribution in [0.15, 0.2) is 40.9 Å². The van der Waals surface area contributed by atoms with Crippen LogP contribution in [0.2, 0.25) is 0 Å². The maximum absolute atomic E-state index is 12.4. The van der Waals surface area contributed by atoms with Crippen molar-refractivity contribution < 1.29 is 23.9 Å². The number of nitrogens with zero attached hydrogens (tertiary/aromatic N) is 1. The molecule has 160 valence electrons. The third kappa shape index (κ3) is 2.52. The van der Waals surface area contributed by atoms with Crippen molar-refractivity contribution in [3.05, 3.63) is 36.0 Å². The second kappa shape index (κ2) is 6.53. The third-order valence-electron chi connectivity index (χ3n) is 7.91. The molecule has 4 bridgehead atoms. The minimum absolute atomic E-state index is 0.0221. The normalized spacial score (nSPS) is 44.5. The number of rotatable bonds is 2. The number of allylic oxidation sites excluding steroid dienone is 6. The first-order valence-corrected chi connectivity index (χ1v) is 10.8. The molecule has 5 aliphatic rings. The highest BCUT2D eigenvalue weighted by molar-refractivity contribution is 6.21. The molecule has 1 unspecified atom stereocenters. The van der Waals surface area contributed by atoms with Crippen LogP contribution in [-0.2, 0) is 23.9 Å². The molecule has 0 N–H and O–H groups in total. The maximum Gasteiger partial charge on any atom is 0.303 e. The number of hydrogen-bond acceptors (Lipinski definition) is 6. The van der Waals surface area contributed by atoms with E-state index in [0.29, 0.717) is 0 Å². The van der Waals surface area contributed by atoms with Gasteiger partial charge in [0.2, 0.25) is 0 Å². The number of ether oxygens (including phenoxy) is 2. The van der Waals surface area contributed by atoms with Crippen molar-refractivity contribution in [3.63, 3.8) is 0 Å². The SMILES string of the molecule is CC(=O)O[C@@H]1[C@H](OC(C)=O)[C@H]2C(C)/C=C\C#C[C@@H]3N=C4C=CC(=O)C=C4[C@]24C[C@@]34[C@H]1C. The Morgan fingerprint density at radius 3 is 2.55 bits per heavy atom. The second-order valence-electron chi connectivity index (χ2n) is 9.37. The number of hydrogen-bond donors (Lipinski definition) is 0. The van der Waals surface area contributed by atoms with Crippen molar-refractivity contribution in [3.8, 4) is 11.8 Å². The van der Waals surface area contributed by atoms with Crippen LogP contribution >= 0.6 is 0 Å². The summed E-state index contributed by atoms with van der Waals surface area (Å²) >= 11 is 0. The standard InChI is InChI=1S/C25H25NO5/c1-13-7-5-6-8-20-24-12-25(24,18-11-17(29)9-10-19(18)26-20)21(13)23(31-16(4)28)22(14(24)2)30-15(3)27/h5,7,9-11,13-14,20-23H,12H2,1-4H3/b7-5-/t13?,14-,20-,21+,22-,23+,24+,25+/m0/s1. The molecule has 6 heteroatoms. The van der Waals surface area contributed by atoms with Gasteiger partial charge in [-0.15, -0.1) is 0 Å². The van der Waals surface area contributed by atoms with E-state index in [4.69, 9.17) is 14.5 Å². The van der Waals surface area contributed by atoms with Gasteiger partial charge in [0.15, 0.2) is 5.78 Å². The quantitative estimate of drug-likeness (QED) is 0.390. The van der Waals surface area contributed by atoms with Gasteiger partial charge >= 0.3 is 11.9 Å². The van der Waals surface area contributed by atoms with Crippen molar-refractivity contribution in [1.82, 2.24) is 0 Å². The predicted molar refractivity (Wildman–Crippen MR) is 113 cm³/mol. The van der Waals surface area contributed by atoms with Crippen LogP contribution < -0.4 is 0 Å². The minimum Gasteiger partial charge on any atom is -0.458 e. The number of ketones is 1. The van der Waals surface area contributed by atoms with Gasteiger partial charge in [-0.1, -0.05) is 31.8 Å². The molecule has 0 spiro atoms. The lowest BCUT2D eigenvalue weighted by Gasteiger charge is -2.53. The zero-order valence-electron chi connectivity index (χ0n) is 18.0. The summed E-state index contributed by atoms with van der Waals surface area (Å²) in [6, 6.07) is -0.290. The van der Waals surface area contributed by atoms with Gasteiger partial charge in [-0.3, -0.25) is 19.4 Å². The van der Waals surface area contributed by atoms with E-state index in [1.807, 2.05) is 19.1 Å². The fraction of sp³-hybridized carbons (Fsp3) is 0.520. The Labute approximate surface area is 181 Å². The van der Waals surface area contributed by atoms with Crippen molar-refractivity contribution in [2.75, 3.05) is 0 Å². The summed E-state index contributed by atoms with van der Waals surface area (Å²) in [6.45, 7) is 6.87. The van der Waals surface area contributed by atoms with Gasteiger partial charge in [0.1, 0.15) is 18.2 Å². The molecule has 2 saturated carbocycles. The van der Waals surface area contributed by atoms with Crippen LogP contribution in [0.25, 0.3) is 0 Å². The Morgan fingerprint density at radius 2 is 1.84 bits per heavy atom. The van der Waals surface area contributed by atoms with E-state index in [1.165, 1.54) is 19.9 Å². The highest BCUT2D eigenvalue weighted by atomic mass is 16.6. The Balaban J connectivity index is 1.78. The van der Waals surface area contributed by atoms with E-state index >= 15 is 0 Å². The van der Waals surface area contributed by atoms with E-state index in [1.54, 1.807) is 12.2 Å². The molecular formula is C25H25NO5. The zero-order valence-corrected chi connectivity index (χ0v) is 18.0. The molecule has 2 fully saturated rings. The smallest absolute Gasteiger partial charge is 0.303 e. The summed E-state index contributed by atoms with van der Waals surface area (Å²) in [5, 5.41) is 0. The van der Waals surface area contributed by atoms with Crippen molar-refractivity contribution >= 4 is 23.4 Å². The van der Waals surface area contributed by atoms with Crippen molar-refractivity contribution in [2.45, 2.75) is 52.4 Å². The first-order chi connectivity index (χ1) is 14.7. The number of carbonyl (C=O) groups is 3. The van der Waals surface area contributed by atoms with Gasteiger partial charge in [-0.05, 0) is 42.2 Å². The molecule has 0 aromatic heterocycles. The van der Waals surface area contributed by atoms with E-state index in [-0.39, 0.29) is 35.0 Å². The first kappa shape index (κ1) is 20.0. The molecule has 0 saturated heterocycles. The van der Waals surface area contributed by atoms with Crippen LogP contribution in [0.4, 0.5) is 0 Å². The van der Waals surface area contributed by atoms with Crippen LogP contribution in [0, 0.1) is 40.4 Å². The summed E-state index contributed by atoms with van der Waals surface area (Å²) in [5.74, 6) is 5.22. The topological polar surface area (TPSA) is 82.0 Å². The molecule has 5 rings (SSSR count). The van der Waals surface area contributed by atoms with E-state index < -0.39 is 29.6 Å².